The van der Waals surface area contributed by atoms with Crippen molar-refractivity contribution >= 4 is 28.9 Å². The molecule has 0 bridgehead atoms. The highest BCUT2D eigenvalue weighted by Gasteiger charge is 2.19. The summed E-state index contributed by atoms with van der Waals surface area (Å²) in [6.45, 7) is 7.87. The summed E-state index contributed by atoms with van der Waals surface area (Å²) in [5, 5.41) is 6.13. The van der Waals surface area contributed by atoms with Gasteiger partial charge in [-0.2, -0.15) is 0 Å². The van der Waals surface area contributed by atoms with Crippen LogP contribution in [0.5, 0.6) is 0 Å². The van der Waals surface area contributed by atoms with Gasteiger partial charge in [0.1, 0.15) is 5.82 Å². The number of pyridine rings is 1. The molecule has 0 unspecified atom stereocenters. The van der Waals surface area contributed by atoms with E-state index >= 15 is 0 Å². The molecule has 0 saturated heterocycles. The highest BCUT2D eigenvalue weighted by atomic mass is 16.1. The number of carbonyl (C=O) groups excluding carboxylic acids is 2. The van der Waals surface area contributed by atoms with E-state index in [1.54, 1.807) is 24.3 Å². The SMILES string of the molecule is CC(=O)c1cccc(Nc2ccc(C(=O)Nc3ccccc3C(C)(C)C)cn2)c1. The van der Waals surface area contributed by atoms with Gasteiger partial charge in [-0.25, -0.2) is 4.98 Å². The van der Waals surface area contributed by atoms with E-state index in [2.05, 4.69) is 36.4 Å². The van der Waals surface area contributed by atoms with Crippen molar-refractivity contribution in [2.24, 2.45) is 0 Å². The van der Waals surface area contributed by atoms with Crippen LogP contribution in [0, 0.1) is 0 Å². The van der Waals surface area contributed by atoms with Crippen molar-refractivity contribution in [3.63, 3.8) is 0 Å². The molecule has 0 spiro atoms. The van der Waals surface area contributed by atoms with Gasteiger partial charge in [0.15, 0.2) is 5.78 Å². The van der Waals surface area contributed by atoms with Gasteiger partial charge in [0.25, 0.3) is 5.91 Å². The highest BCUT2D eigenvalue weighted by Crippen LogP contribution is 2.29. The Morgan fingerprint density at radius 1 is 0.897 bits per heavy atom. The number of ketones is 1. The van der Waals surface area contributed by atoms with E-state index in [1.165, 1.54) is 13.1 Å². The first-order valence-corrected chi connectivity index (χ1v) is 9.49. The predicted octanol–water partition coefficient (Wildman–Crippen LogP) is 5.58. The van der Waals surface area contributed by atoms with Gasteiger partial charge >= 0.3 is 0 Å². The second-order valence-electron chi connectivity index (χ2n) is 7.94. The standard InChI is InChI=1S/C24H25N3O2/c1-16(28)17-8-7-9-19(14-17)26-22-13-12-18(15-25-22)23(29)27-21-11-6-5-10-20(21)24(2,3)4/h5-15H,1-4H3,(H,25,26)(H,27,29). The Morgan fingerprint density at radius 3 is 2.31 bits per heavy atom. The molecular weight excluding hydrogens is 362 g/mol. The number of aromatic nitrogens is 1. The maximum Gasteiger partial charge on any atom is 0.257 e. The highest BCUT2D eigenvalue weighted by molar-refractivity contribution is 6.04. The van der Waals surface area contributed by atoms with Gasteiger partial charge in [-0.15, -0.1) is 0 Å². The van der Waals surface area contributed by atoms with Crippen molar-refractivity contribution in [1.29, 1.82) is 0 Å². The number of amides is 1. The Balaban J connectivity index is 1.73. The lowest BCUT2D eigenvalue weighted by Gasteiger charge is -2.23. The van der Waals surface area contributed by atoms with Gasteiger partial charge in [0.05, 0.1) is 5.56 Å². The van der Waals surface area contributed by atoms with Crippen molar-refractivity contribution in [2.75, 3.05) is 10.6 Å². The van der Waals surface area contributed by atoms with Gasteiger partial charge in [0.2, 0.25) is 0 Å². The summed E-state index contributed by atoms with van der Waals surface area (Å²) in [5.74, 6) is 0.390. The first kappa shape index (κ1) is 20.3. The van der Waals surface area contributed by atoms with Crippen molar-refractivity contribution in [2.45, 2.75) is 33.1 Å². The first-order valence-electron chi connectivity index (χ1n) is 9.49. The zero-order valence-corrected chi connectivity index (χ0v) is 17.1. The summed E-state index contributed by atoms with van der Waals surface area (Å²) in [4.78, 5) is 28.5. The Hall–Kier alpha value is -3.47. The normalized spacial score (nSPS) is 11.0. The molecular formula is C24H25N3O2. The first-order chi connectivity index (χ1) is 13.7. The number of para-hydroxylation sites is 1. The van der Waals surface area contributed by atoms with Gasteiger partial charge in [-0.05, 0) is 48.2 Å². The Labute approximate surface area is 171 Å². The van der Waals surface area contributed by atoms with Gasteiger partial charge in [-0.3, -0.25) is 9.59 Å². The van der Waals surface area contributed by atoms with Crippen LogP contribution in [-0.4, -0.2) is 16.7 Å². The number of nitrogens with one attached hydrogen (secondary N) is 2. The average Bonchev–Trinajstić information content (AvgIpc) is 2.68. The van der Waals surface area contributed by atoms with E-state index in [0.29, 0.717) is 16.9 Å². The van der Waals surface area contributed by atoms with Crippen molar-refractivity contribution in [3.05, 3.63) is 83.6 Å². The van der Waals surface area contributed by atoms with Gasteiger partial charge < -0.3 is 10.6 Å². The molecule has 0 saturated carbocycles. The molecule has 0 fully saturated rings. The third-order valence-electron chi connectivity index (χ3n) is 4.55. The lowest BCUT2D eigenvalue weighted by Crippen LogP contribution is -2.18. The van der Waals surface area contributed by atoms with Crippen LogP contribution in [0.3, 0.4) is 0 Å². The van der Waals surface area contributed by atoms with Crippen LogP contribution in [-0.2, 0) is 5.41 Å². The summed E-state index contributed by atoms with van der Waals surface area (Å²) < 4.78 is 0. The molecule has 5 heteroatoms. The molecule has 3 rings (SSSR count). The number of carbonyl (C=O) groups is 2. The third-order valence-corrected chi connectivity index (χ3v) is 4.55. The van der Waals surface area contributed by atoms with Crippen LogP contribution in [0.1, 0.15) is 54.0 Å². The van der Waals surface area contributed by atoms with Gasteiger partial charge in [0, 0.05) is 23.1 Å². The van der Waals surface area contributed by atoms with E-state index in [4.69, 9.17) is 0 Å². The lowest BCUT2D eigenvalue weighted by molar-refractivity contribution is 0.101. The van der Waals surface area contributed by atoms with E-state index in [0.717, 1.165) is 16.9 Å². The topological polar surface area (TPSA) is 71.1 Å². The molecule has 2 N–H and O–H groups in total. The Bertz CT molecular complexity index is 1030. The van der Waals surface area contributed by atoms with Crippen LogP contribution in [0.4, 0.5) is 17.2 Å². The summed E-state index contributed by atoms with van der Waals surface area (Å²) in [6.07, 6.45) is 1.53. The molecule has 0 atom stereocenters. The molecule has 148 valence electrons. The van der Waals surface area contributed by atoms with E-state index < -0.39 is 0 Å². The summed E-state index contributed by atoms with van der Waals surface area (Å²) in [7, 11) is 0. The van der Waals surface area contributed by atoms with Crippen LogP contribution >= 0.6 is 0 Å². The van der Waals surface area contributed by atoms with E-state index in [1.807, 2.05) is 36.4 Å². The van der Waals surface area contributed by atoms with E-state index in [-0.39, 0.29) is 17.1 Å². The molecule has 0 aliphatic carbocycles. The number of hydrogen-bond acceptors (Lipinski definition) is 4. The van der Waals surface area contributed by atoms with Crippen LogP contribution in [0.15, 0.2) is 66.9 Å². The second-order valence-corrected chi connectivity index (χ2v) is 7.94. The number of rotatable bonds is 5. The number of hydrogen-bond donors (Lipinski definition) is 2. The maximum atomic E-state index is 12.7. The minimum atomic E-state index is -0.209. The molecule has 0 aliphatic rings. The number of nitrogens with zero attached hydrogens (tertiary/aromatic N) is 1. The monoisotopic (exact) mass is 387 g/mol. The Morgan fingerprint density at radius 2 is 1.66 bits per heavy atom. The smallest absolute Gasteiger partial charge is 0.257 e. The second kappa shape index (κ2) is 8.27. The lowest BCUT2D eigenvalue weighted by atomic mass is 9.86. The molecule has 0 aliphatic heterocycles. The zero-order chi connectivity index (χ0) is 21.0. The quantitative estimate of drug-likeness (QED) is 0.561. The number of Topliss-reactive ketones (excluding diaryl/α,β-unsaturated/α-hetero) is 1. The van der Waals surface area contributed by atoms with Crippen LogP contribution in [0.2, 0.25) is 0 Å². The summed E-state index contributed by atoms with van der Waals surface area (Å²) in [5.41, 5.74) is 3.66. The molecule has 1 amide bonds. The zero-order valence-electron chi connectivity index (χ0n) is 17.1. The van der Waals surface area contributed by atoms with E-state index in [9.17, 15) is 9.59 Å². The minimum absolute atomic E-state index is 0.00386. The van der Waals surface area contributed by atoms with Gasteiger partial charge in [-0.1, -0.05) is 51.1 Å². The average molecular weight is 387 g/mol. The third kappa shape index (κ3) is 5.08. The molecule has 1 heterocycles. The molecule has 3 aromatic rings. The number of anilines is 3. The summed E-state index contributed by atoms with van der Waals surface area (Å²) in [6, 6.07) is 18.5. The molecule has 0 radical (unpaired) electrons. The molecule has 2 aromatic carbocycles. The fourth-order valence-corrected chi connectivity index (χ4v) is 3.01. The molecule has 29 heavy (non-hydrogen) atoms. The van der Waals surface area contributed by atoms with Crippen LogP contribution < -0.4 is 10.6 Å². The molecule has 5 nitrogen and oxygen atoms in total. The van der Waals surface area contributed by atoms with Crippen LogP contribution in [0.25, 0.3) is 0 Å². The Kier molecular flexibility index (Phi) is 5.78. The van der Waals surface area contributed by atoms with Crippen molar-refractivity contribution < 1.29 is 9.59 Å². The number of benzene rings is 2. The minimum Gasteiger partial charge on any atom is -0.340 e. The molecule has 1 aromatic heterocycles. The van der Waals surface area contributed by atoms with Crippen molar-refractivity contribution in [3.8, 4) is 0 Å². The predicted molar refractivity (Wildman–Crippen MR) is 117 cm³/mol. The maximum absolute atomic E-state index is 12.7. The fourth-order valence-electron chi connectivity index (χ4n) is 3.01. The largest absolute Gasteiger partial charge is 0.340 e. The fraction of sp³-hybridized carbons (Fsp3) is 0.208. The van der Waals surface area contributed by atoms with Crippen molar-refractivity contribution in [1.82, 2.24) is 4.98 Å². The summed E-state index contributed by atoms with van der Waals surface area (Å²) >= 11 is 0.